The Bertz CT molecular complexity index is 639. The molecule has 25 heavy (non-hydrogen) atoms. The van der Waals surface area contributed by atoms with Crippen molar-refractivity contribution < 1.29 is 4.42 Å². The first-order valence-corrected chi connectivity index (χ1v) is 9.28. The van der Waals surface area contributed by atoms with Crippen LogP contribution in [0.1, 0.15) is 44.1 Å². The predicted octanol–water partition coefficient (Wildman–Crippen LogP) is 3.53. The highest BCUT2D eigenvalue weighted by molar-refractivity contribution is 5.80. The predicted molar refractivity (Wildman–Crippen MR) is 100 cm³/mol. The Morgan fingerprint density at radius 1 is 1.24 bits per heavy atom. The summed E-state index contributed by atoms with van der Waals surface area (Å²) in [5.74, 6) is 2.54. The Morgan fingerprint density at radius 3 is 2.92 bits per heavy atom. The van der Waals surface area contributed by atoms with Crippen LogP contribution >= 0.6 is 0 Å². The standard InChI is InChI=1S/C20H28N4O/c1-16-7-2-3-10-19(16)24-20(22-13-11-18-9-6-14-25-18)23-15-17-8-4-5-12-21-17/h4-6,8-9,12,14,16,19H,2-3,7,10-11,13,15H2,1H3,(H2,22,23,24). The van der Waals surface area contributed by atoms with E-state index in [2.05, 4.69) is 22.5 Å². The molecule has 1 aliphatic rings. The zero-order valence-electron chi connectivity index (χ0n) is 14.9. The van der Waals surface area contributed by atoms with Gasteiger partial charge in [-0.1, -0.05) is 25.8 Å². The van der Waals surface area contributed by atoms with Gasteiger partial charge in [-0.25, -0.2) is 4.99 Å². The van der Waals surface area contributed by atoms with Crippen molar-refractivity contribution in [2.24, 2.45) is 10.9 Å². The van der Waals surface area contributed by atoms with Gasteiger partial charge in [0.1, 0.15) is 5.76 Å². The molecule has 2 heterocycles. The maximum Gasteiger partial charge on any atom is 0.191 e. The van der Waals surface area contributed by atoms with Crippen LogP contribution in [0.2, 0.25) is 0 Å². The first kappa shape index (κ1) is 17.5. The lowest BCUT2D eigenvalue weighted by molar-refractivity contribution is 0.306. The third-order valence-corrected chi connectivity index (χ3v) is 4.80. The number of aromatic nitrogens is 1. The fraction of sp³-hybridized carbons (Fsp3) is 0.500. The Morgan fingerprint density at radius 2 is 2.16 bits per heavy atom. The van der Waals surface area contributed by atoms with Gasteiger partial charge in [-0.3, -0.25) is 4.98 Å². The average molecular weight is 340 g/mol. The molecular weight excluding hydrogens is 312 g/mol. The molecule has 3 rings (SSSR count). The van der Waals surface area contributed by atoms with Crippen LogP contribution in [-0.4, -0.2) is 23.5 Å². The average Bonchev–Trinajstić information content (AvgIpc) is 3.15. The van der Waals surface area contributed by atoms with Crippen LogP contribution in [-0.2, 0) is 13.0 Å². The van der Waals surface area contributed by atoms with Gasteiger partial charge >= 0.3 is 0 Å². The third-order valence-electron chi connectivity index (χ3n) is 4.80. The molecule has 0 spiro atoms. The van der Waals surface area contributed by atoms with Crippen LogP contribution in [0.25, 0.3) is 0 Å². The Hall–Kier alpha value is -2.30. The molecule has 5 nitrogen and oxygen atoms in total. The van der Waals surface area contributed by atoms with Gasteiger partial charge in [-0.15, -0.1) is 0 Å². The number of pyridine rings is 1. The minimum Gasteiger partial charge on any atom is -0.469 e. The lowest BCUT2D eigenvalue weighted by atomic mass is 9.86. The first-order chi connectivity index (χ1) is 12.3. The summed E-state index contributed by atoms with van der Waals surface area (Å²) >= 11 is 0. The second-order valence-electron chi connectivity index (χ2n) is 6.75. The van der Waals surface area contributed by atoms with E-state index >= 15 is 0 Å². The molecule has 2 aromatic rings. The van der Waals surface area contributed by atoms with Crippen LogP contribution in [0, 0.1) is 5.92 Å². The number of guanidine groups is 1. The van der Waals surface area contributed by atoms with Crippen molar-refractivity contribution >= 4 is 5.96 Å². The molecule has 0 aromatic carbocycles. The Balaban J connectivity index is 1.59. The Labute approximate surface area is 150 Å². The van der Waals surface area contributed by atoms with E-state index in [4.69, 9.17) is 9.41 Å². The number of aliphatic imine (C=N–C) groups is 1. The number of hydrogen-bond donors (Lipinski definition) is 2. The van der Waals surface area contributed by atoms with Crippen molar-refractivity contribution in [3.05, 3.63) is 54.2 Å². The zero-order valence-corrected chi connectivity index (χ0v) is 14.9. The summed E-state index contributed by atoms with van der Waals surface area (Å²) in [4.78, 5) is 9.10. The van der Waals surface area contributed by atoms with E-state index in [-0.39, 0.29) is 0 Å². The van der Waals surface area contributed by atoms with Crippen molar-refractivity contribution in [3.63, 3.8) is 0 Å². The number of furan rings is 1. The molecule has 2 unspecified atom stereocenters. The zero-order chi connectivity index (χ0) is 17.3. The van der Waals surface area contributed by atoms with Crippen molar-refractivity contribution in [1.82, 2.24) is 15.6 Å². The largest absolute Gasteiger partial charge is 0.469 e. The van der Waals surface area contributed by atoms with Crippen molar-refractivity contribution in [3.8, 4) is 0 Å². The van der Waals surface area contributed by atoms with Crippen LogP contribution in [0.5, 0.6) is 0 Å². The van der Waals surface area contributed by atoms with Gasteiger partial charge in [0.15, 0.2) is 5.96 Å². The maximum atomic E-state index is 5.40. The number of rotatable bonds is 6. The van der Waals surface area contributed by atoms with Gasteiger partial charge in [0.05, 0.1) is 18.5 Å². The van der Waals surface area contributed by atoms with Gasteiger partial charge < -0.3 is 15.1 Å². The van der Waals surface area contributed by atoms with Gasteiger partial charge in [0, 0.05) is 25.2 Å². The van der Waals surface area contributed by atoms with E-state index in [1.54, 1.807) is 6.26 Å². The quantitative estimate of drug-likeness (QED) is 0.624. The Kier molecular flexibility index (Phi) is 6.48. The van der Waals surface area contributed by atoms with Gasteiger partial charge in [0.25, 0.3) is 0 Å². The van der Waals surface area contributed by atoms with Crippen LogP contribution < -0.4 is 10.6 Å². The molecule has 5 heteroatoms. The highest BCUT2D eigenvalue weighted by atomic mass is 16.3. The number of nitrogens with zero attached hydrogens (tertiary/aromatic N) is 2. The van der Waals surface area contributed by atoms with Crippen molar-refractivity contribution in [2.75, 3.05) is 6.54 Å². The third kappa shape index (κ3) is 5.62. The maximum absolute atomic E-state index is 5.40. The molecule has 0 aliphatic heterocycles. The summed E-state index contributed by atoms with van der Waals surface area (Å²) in [6, 6.07) is 10.4. The topological polar surface area (TPSA) is 62.5 Å². The molecule has 0 radical (unpaired) electrons. The SMILES string of the molecule is CC1CCCCC1NC(=NCc1ccccn1)NCCc1ccco1. The van der Waals surface area contributed by atoms with E-state index < -0.39 is 0 Å². The number of hydrogen-bond acceptors (Lipinski definition) is 3. The molecule has 1 fully saturated rings. The summed E-state index contributed by atoms with van der Waals surface area (Å²) in [6.45, 7) is 3.71. The molecule has 0 bridgehead atoms. The van der Waals surface area contributed by atoms with E-state index in [0.29, 0.717) is 18.5 Å². The first-order valence-electron chi connectivity index (χ1n) is 9.28. The molecule has 1 aliphatic carbocycles. The number of nitrogens with one attached hydrogen (secondary N) is 2. The van der Waals surface area contributed by atoms with E-state index in [0.717, 1.165) is 30.4 Å². The smallest absolute Gasteiger partial charge is 0.191 e. The summed E-state index contributed by atoms with van der Waals surface area (Å²) < 4.78 is 5.40. The second kappa shape index (κ2) is 9.25. The summed E-state index contributed by atoms with van der Waals surface area (Å²) in [5.41, 5.74) is 0.978. The van der Waals surface area contributed by atoms with Crippen LogP contribution in [0.15, 0.2) is 52.2 Å². The van der Waals surface area contributed by atoms with E-state index in [1.807, 2.05) is 36.5 Å². The molecule has 134 valence electrons. The van der Waals surface area contributed by atoms with Crippen LogP contribution in [0.3, 0.4) is 0 Å². The molecule has 0 amide bonds. The highest BCUT2D eigenvalue weighted by Crippen LogP contribution is 2.23. The van der Waals surface area contributed by atoms with Crippen LogP contribution in [0.4, 0.5) is 0 Å². The molecule has 0 saturated heterocycles. The molecule has 2 atom stereocenters. The van der Waals surface area contributed by atoms with Gasteiger partial charge in [-0.2, -0.15) is 0 Å². The minimum atomic E-state index is 0.493. The molecule has 2 aromatic heterocycles. The second-order valence-corrected chi connectivity index (χ2v) is 6.75. The fourth-order valence-electron chi connectivity index (χ4n) is 3.27. The molecular formula is C20H28N4O. The van der Waals surface area contributed by atoms with E-state index in [1.165, 1.54) is 25.7 Å². The normalized spacial score (nSPS) is 21.1. The van der Waals surface area contributed by atoms with Crippen molar-refractivity contribution in [2.45, 2.75) is 51.6 Å². The summed E-state index contributed by atoms with van der Waals surface area (Å²) in [7, 11) is 0. The van der Waals surface area contributed by atoms with Gasteiger partial charge in [0.2, 0.25) is 0 Å². The summed E-state index contributed by atoms with van der Waals surface area (Å²) in [6.07, 6.45) is 9.51. The highest BCUT2D eigenvalue weighted by Gasteiger charge is 2.22. The monoisotopic (exact) mass is 340 g/mol. The summed E-state index contributed by atoms with van der Waals surface area (Å²) in [5, 5.41) is 7.08. The van der Waals surface area contributed by atoms with Gasteiger partial charge in [-0.05, 0) is 43.0 Å². The molecule has 1 saturated carbocycles. The van der Waals surface area contributed by atoms with Crippen molar-refractivity contribution in [1.29, 1.82) is 0 Å². The lowest BCUT2D eigenvalue weighted by Crippen LogP contribution is -2.47. The fourth-order valence-corrected chi connectivity index (χ4v) is 3.27. The lowest BCUT2D eigenvalue weighted by Gasteiger charge is -2.31. The van der Waals surface area contributed by atoms with E-state index in [9.17, 15) is 0 Å². The molecule has 2 N–H and O–H groups in total. The minimum absolute atomic E-state index is 0.493.